The number of carbonyl (C=O) groups excluding carboxylic acids is 1. The first-order valence-corrected chi connectivity index (χ1v) is 19.0. The molecule has 274 valence electrons. The number of nitrogens with two attached hydrogens (primary N) is 1. The van der Waals surface area contributed by atoms with E-state index in [0.717, 1.165) is 93.7 Å². The predicted molar refractivity (Wildman–Crippen MR) is 219 cm³/mol. The fourth-order valence-electron chi connectivity index (χ4n) is 6.63. The highest BCUT2D eigenvalue weighted by atomic mass is 35.5. The number of carbonyl (C=O) groups is 1. The van der Waals surface area contributed by atoms with Crippen molar-refractivity contribution in [1.29, 1.82) is 10.8 Å². The maximum Gasteiger partial charge on any atom is 0.229 e. The number of likely N-dealkylation sites (N-methyl/N-ethyl adjacent to an activating group) is 1. The van der Waals surface area contributed by atoms with Crippen molar-refractivity contribution in [2.45, 2.75) is 71.9 Å². The molecular formula is C42H47ClN8OS. The lowest BCUT2D eigenvalue weighted by molar-refractivity contribution is -0.121. The number of nitrogens with zero attached hydrogens (tertiary/aromatic N) is 5. The van der Waals surface area contributed by atoms with E-state index in [1.807, 2.05) is 66.2 Å². The van der Waals surface area contributed by atoms with Gasteiger partial charge in [0.15, 0.2) is 5.78 Å². The van der Waals surface area contributed by atoms with Gasteiger partial charge in [-0.1, -0.05) is 92.8 Å². The summed E-state index contributed by atoms with van der Waals surface area (Å²) in [5, 5.41) is 23.0. The summed E-state index contributed by atoms with van der Waals surface area (Å²) in [6.45, 7) is 15.0. The number of fused-ring (bicyclic) bond motifs is 1. The summed E-state index contributed by atoms with van der Waals surface area (Å²) in [4.78, 5) is 20.9. The Kier molecular flexibility index (Phi) is 13.0. The van der Waals surface area contributed by atoms with E-state index in [4.69, 9.17) is 28.2 Å². The van der Waals surface area contributed by atoms with Crippen LogP contribution >= 0.6 is 22.9 Å². The number of unbranched alkanes of at least 4 members (excludes halogenated alkanes) is 2. The third kappa shape index (κ3) is 8.77. The van der Waals surface area contributed by atoms with E-state index in [2.05, 4.69) is 54.1 Å². The first-order valence-electron chi connectivity index (χ1n) is 17.8. The molecule has 11 heteroatoms. The van der Waals surface area contributed by atoms with E-state index in [1.54, 1.807) is 17.7 Å². The van der Waals surface area contributed by atoms with Crippen LogP contribution in [0, 0.1) is 29.6 Å². The quantitative estimate of drug-likeness (QED) is 0.0430. The van der Waals surface area contributed by atoms with E-state index < -0.39 is 0 Å². The van der Waals surface area contributed by atoms with E-state index in [0.29, 0.717) is 10.7 Å². The third-order valence-electron chi connectivity index (χ3n) is 9.46. The van der Waals surface area contributed by atoms with Crippen molar-refractivity contribution in [1.82, 2.24) is 24.2 Å². The van der Waals surface area contributed by atoms with E-state index in [1.165, 1.54) is 16.9 Å². The summed E-state index contributed by atoms with van der Waals surface area (Å²) >= 11 is 7.61. The molecule has 1 unspecified atom stereocenters. The van der Waals surface area contributed by atoms with Gasteiger partial charge in [-0.3, -0.25) is 24.9 Å². The largest absolute Gasteiger partial charge is 0.364 e. The van der Waals surface area contributed by atoms with Crippen molar-refractivity contribution in [3.05, 3.63) is 111 Å². The average molecular weight is 747 g/mol. The number of hydrogen-bond donors (Lipinski definition) is 3. The summed E-state index contributed by atoms with van der Waals surface area (Å²) in [6.07, 6.45) is 11.1. The van der Waals surface area contributed by atoms with Gasteiger partial charge in [0.05, 0.1) is 34.9 Å². The second-order valence-corrected chi connectivity index (χ2v) is 14.6. The molecule has 4 N–H and O–H groups in total. The first-order chi connectivity index (χ1) is 25.5. The molecule has 0 bridgehead atoms. The van der Waals surface area contributed by atoms with Crippen LogP contribution in [0.1, 0.15) is 78.6 Å². The molecule has 5 aromatic rings. The number of hydrogen-bond acceptors (Lipinski definition) is 8. The van der Waals surface area contributed by atoms with Gasteiger partial charge in [0.2, 0.25) is 5.62 Å². The lowest BCUT2D eigenvalue weighted by Crippen LogP contribution is -2.40. The molecule has 0 saturated heterocycles. The van der Waals surface area contributed by atoms with Gasteiger partial charge in [-0.15, -0.1) is 11.3 Å². The van der Waals surface area contributed by atoms with Gasteiger partial charge in [-0.05, 0) is 68.4 Å². The fraction of sp³-hybridized carbons (Fsp3) is 0.310. The Bertz CT molecular complexity index is 2290. The van der Waals surface area contributed by atoms with Gasteiger partial charge in [-0.2, -0.15) is 5.10 Å². The van der Waals surface area contributed by atoms with Crippen LogP contribution in [0.5, 0.6) is 0 Å². The molecule has 3 heterocycles. The molecule has 0 aliphatic rings. The monoisotopic (exact) mass is 746 g/mol. The Balaban J connectivity index is 1.26. The lowest BCUT2D eigenvalue weighted by Gasteiger charge is -2.32. The Morgan fingerprint density at radius 1 is 1.17 bits per heavy atom. The minimum Gasteiger partial charge on any atom is -0.364 e. The summed E-state index contributed by atoms with van der Waals surface area (Å²) < 4.78 is 3.49. The molecule has 9 nitrogen and oxygen atoms in total. The highest BCUT2D eigenvalue weighted by Gasteiger charge is 2.25. The number of Topliss-reactive ketones (excluding diaryl/α,β-unsaturated/α-hetero) is 1. The van der Waals surface area contributed by atoms with E-state index in [-0.39, 0.29) is 29.8 Å². The van der Waals surface area contributed by atoms with Crippen molar-refractivity contribution in [3.8, 4) is 23.1 Å². The van der Waals surface area contributed by atoms with E-state index >= 15 is 0 Å². The summed E-state index contributed by atoms with van der Waals surface area (Å²) in [5.41, 5.74) is 13.1. The van der Waals surface area contributed by atoms with Crippen LogP contribution in [-0.2, 0) is 17.8 Å². The molecule has 3 aromatic heterocycles. The number of thiophene rings is 1. The molecule has 0 aliphatic carbocycles. The summed E-state index contributed by atoms with van der Waals surface area (Å²) in [6, 6.07) is 13.4. The van der Waals surface area contributed by atoms with Crippen LogP contribution in [0.25, 0.3) is 33.2 Å². The third-order valence-corrected chi connectivity index (χ3v) is 10.9. The molecule has 0 spiro atoms. The molecule has 5 rings (SSSR count). The topological polar surface area (TPSA) is 130 Å². The summed E-state index contributed by atoms with van der Waals surface area (Å²) in [7, 11) is 1.93. The molecule has 0 aliphatic heterocycles. The minimum absolute atomic E-state index is 0.00247. The molecule has 0 radical (unpaired) electrons. The van der Waals surface area contributed by atoms with Crippen LogP contribution in [-0.4, -0.2) is 55.5 Å². The van der Waals surface area contributed by atoms with Crippen LogP contribution in [0.2, 0.25) is 5.02 Å². The molecule has 2 aromatic carbocycles. The number of benzene rings is 2. The minimum atomic E-state index is -0.300. The van der Waals surface area contributed by atoms with Crippen LogP contribution in [0.15, 0.2) is 68.0 Å². The van der Waals surface area contributed by atoms with Gasteiger partial charge in [-0.25, -0.2) is 4.98 Å². The zero-order valence-corrected chi connectivity index (χ0v) is 32.5. The highest BCUT2D eigenvalue weighted by Crippen LogP contribution is 2.36. The summed E-state index contributed by atoms with van der Waals surface area (Å²) in [5.74, 6) is 6.85. The van der Waals surface area contributed by atoms with Crippen LogP contribution in [0.4, 0.5) is 0 Å². The molecule has 1 atom stereocenters. The molecular weight excluding hydrogens is 700 g/mol. The van der Waals surface area contributed by atoms with Gasteiger partial charge < -0.3 is 10.6 Å². The maximum absolute atomic E-state index is 12.7. The Labute approximate surface area is 320 Å². The Morgan fingerprint density at radius 2 is 1.92 bits per heavy atom. The maximum atomic E-state index is 12.7. The number of ketones is 1. The van der Waals surface area contributed by atoms with Gasteiger partial charge in [0, 0.05) is 47.0 Å². The van der Waals surface area contributed by atoms with Crippen molar-refractivity contribution in [2.75, 3.05) is 13.6 Å². The second kappa shape index (κ2) is 17.6. The number of aromatic nitrogens is 4. The Hall–Kier alpha value is -5.08. The van der Waals surface area contributed by atoms with Crippen molar-refractivity contribution in [2.24, 2.45) is 5.73 Å². The van der Waals surface area contributed by atoms with Gasteiger partial charge in [0.1, 0.15) is 10.7 Å². The van der Waals surface area contributed by atoms with Crippen molar-refractivity contribution >= 4 is 56.5 Å². The number of halogens is 1. The molecule has 0 saturated carbocycles. The standard InChI is InChI=1S/C42H47ClN8OS/c1-7-13-35(36(52)24-44)49(6)28(4)39-31(8-2)15-12-16-32(39)14-10-9-11-23-50-26-30(25-47-50)17-22-37-27(3)38-40(33-18-20-34(43)21-19-33)48-42(46)51(29(5)45)41(38)53-37/h8,12,15-16,18-21,25-26,35,45-46H,2,4,7,9-11,13-14,23-24,44H2,1,3,5-6H3. The molecule has 0 fully saturated rings. The normalized spacial score (nSPS) is 11.6. The lowest BCUT2D eigenvalue weighted by atomic mass is 9.93. The van der Waals surface area contributed by atoms with E-state index in [9.17, 15) is 4.79 Å². The van der Waals surface area contributed by atoms with Crippen LogP contribution in [0.3, 0.4) is 0 Å². The van der Waals surface area contributed by atoms with Crippen molar-refractivity contribution < 1.29 is 4.79 Å². The molecule has 0 amide bonds. The zero-order chi connectivity index (χ0) is 38.2. The average Bonchev–Trinajstić information content (AvgIpc) is 3.74. The van der Waals surface area contributed by atoms with Crippen LogP contribution < -0.4 is 11.4 Å². The predicted octanol–water partition coefficient (Wildman–Crippen LogP) is 8.30. The zero-order valence-electron chi connectivity index (χ0n) is 30.9. The van der Waals surface area contributed by atoms with Gasteiger partial charge >= 0.3 is 0 Å². The Morgan fingerprint density at radius 3 is 2.60 bits per heavy atom. The second-order valence-electron chi connectivity index (χ2n) is 13.1. The fourth-order valence-corrected chi connectivity index (χ4v) is 7.97. The highest BCUT2D eigenvalue weighted by molar-refractivity contribution is 7.19. The smallest absolute Gasteiger partial charge is 0.229 e. The number of aryl methyl sites for hydroxylation is 3. The van der Waals surface area contributed by atoms with Gasteiger partial charge in [0.25, 0.3) is 0 Å². The van der Waals surface area contributed by atoms with Crippen molar-refractivity contribution in [3.63, 3.8) is 0 Å². The number of rotatable bonds is 15. The SMILES string of the molecule is C=Cc1cccc(CCCCCn2cc(C#Cc3sc4c(c(-c5ccc(Cl)cc5)nc(=N)n4C(C)=N)c3C)cn2)c1C(=C)N(C)C(CCC)C(=O)CN. The first kappa shape index (κ1) is 39.1. The number of nitrogens with one attached hydrogen (secondary N) is 2. The molecule has 53 heavy (non-hydrogen) atoms.